The van der Waals surface area contributed by atoms with Crippen molar-refractivity contribution in [3.8, 4) is 0 Å². The smallest absolute Gasteiger partial charge is 0.342 e. The first kappa shape index (κ1) is 12.2. The summed E-state index contributed by atoms with van der Waals surface area (Å²) in [6.07, 6.45) is 5.53. The third-order valence-electron chi connectivity index (χ3n) is 3.58. The summed E-state index contributed by atoms with van der Waals surface area (Å²) < 4.78 is 1.59. The van der Waals surface area contributed by atoms with Crippen LogP contribution in [0.2, 0.25) is 0 Å². The number of H-pyrrole nitrogens is 1. The Balaban J connectivity index is 2.12. The van der Waals surface area contributed by atoms with E-state index >= 15 is 0 Å². The average molecular weight is 261 g/mol. The highest BCUT2D eigenvalue weighted by Crippen LogP contribution is 2.18. The number of nitrogens with zero attached hydrogens (tertiary/aromatic N) is 4. The monoisotopic (exact) mass is 261 g/mol. The lowest BCUT2D eigenvalue weighted by atomic mass is 10.1. The van der Waals surface area contributed by atoms with Crippen LogP contribution in [-0.4, -0.2) is 32.7 Å². The van der Waals surface area contributed by atoms with Crippen LogP contribution >= 0.6 is 0 Å². The van der Waals surface area contributed by atoms with Crippen molar-refractivity contribution >= 4 is 11.6 Å². The molecule has 0 radical (unpaired) electrons. The van der Waals surface area contributed by atoms with Crippen LogP contribution < -0.4 is 10.6 Å². The third-order valence-corrected chi connectivity index (χ3v) is 3.58. The number of aromatic amines is 1. The zero-order valence-corrected chi connectivity index (χ0v) is 11.2. The molecule has 0 amide bonds. The Labute approximate surface area is 111 Å². The number of fused-ring (bicyclic) bond motifs is 1. The van der Waals surface area contributed by atoms with Crippen LogP contribution in [0.4, 0.5) is 5.95 Å². The van der Waals surface area contributed by atoms with Crippen LogP contribution in [-0.2, 0) is 6.42 Å². The van der Waals surface area contributed by atoms with Crippen LogP contribution in [0, 0.1) is 0 Å². The molecule has 19 heavy (non-hydrogen) atoms. The summed E-state index contributed by atoms with van der Waals surface area (Å²) in [7, 11) is 0. The predicted octanol–water partition coefficient (Wildman–Crippen LogP) is 1.36. The number of hydrogen-bond donors (Lipinski definition) is 1. The van der Waals surface area contributed by atoms with Gasteiger partial charge < -0.3 is 4.90 Å². The highest BCUT2D eigenvalue weighted by atomic mass is 16.1. The Hall–Kier alpha value is -1.85. The molecule has 0 unspecified atom stereocenters. The maximum Gasteiger partial charge on any atom is 0.350 e. The van der Waals surface area contributed by atoms with Crippen LogP contribution in [0.25, 0.3) is 5.65 Å². The van der Waals surface area contributed by atoms with Crippen LogP contribution in [0.15, 0.2) is 10.9 Å². The van der Waals surface area contributed by atoms with E-state index in [4.69, 9.17) is 0 Å². The van der Waals surface area contributed by atoms with Gasteiger partial charge in [-0.2, -0.15) is 5.10 Å². The maximum absolute atomic E-state index is 11.9. The molecule has 2 aromatic rings. The molecule has 3 rings (SSSR count). The van der Waals surface area contributed by atoms with Gasteiger partial charge in [-0.05, 0) is 25.7 Å². The molecule has 3 heterocycles. The van der Waals surface area contributed by atoms with Gasteiger partial charge in [-0.25, -0.2) is 19.3 Å². The van der Waals surface area contributed by atoms with E-state index in [0.29, 0.717) is 5.65 Å². The summed E-state index contributed by atoms with van der Waals surface area (Å²) >= 11 is 0. The minimum atomic E-state index is -0.203. The maximum atomic E-state index is 11.9. The largest absolute Gasteiger partial charge is 0.350 e. The lowest BCUT2D eigenvalue weighted by Crippen LogP contribution is -2.33. The highest BCUT2D eigenvalue weighted by molar-refractivity contribution is 5.47. The molecule has 0 bridgehead atoms. The molecule has 0 saturated carbocycles. The zero-order chi connectivity index (χ0) is 13.2. The first-order valence-corrected chi connectivity index (χ1v) is 7.01. The van der Waals surface area contributed by atoms with Gasteiger partial charge >= 0.3 is 5.69 Å². The molecule has 1 aliphatic heterocycles. The van der Waals surface area contributed by atoms with Crippen molar-refractivity contribution in [1.82, 2.24) is 19.6 Å². The topological polar surface area (TPSA) is 66.3 Å². The van der Waals surface area contributed by atoms with Crippen molar-refractivity contribution in [1.29, 1.82) is 0 Å². The molecular weight excluding hydrogens is 242 g/mol. The van der Waals surface area contributed by atoms with E-state index in [-0.39, 0.29) is 5.69 Å². The SMILES string of the molecule is CCCc1cc2n[nH]c(=O)n2c(N2CCCCC2)n1. The molecule has 0 spiro atoms. The minimum Gasteiger partial charge on any atom is -0.342 e. The van der Waals surface area contributed by atoms with Crippen LogP contribution in [0.5, 0.6) is 0 Å². The summed E-state index contributed by atoms with van der Waals surface area (Å²) in [6, 6.07) is 1.90. The fraction of sp³-hybridized carbons (Fsp3) is 0.615. The second-order valence-electron chi connectivity index (χ2n) is 5.07. The second kappa shape index (κ2) is 5.03. The Bertz CT molecular complexity index is 623. The second-order valence-corrected chi connectivity index (χ2v) is 5.07. The van der Waals surface area contributed by atoms with Crippen molar-refractivity contribution in [3.63, 3.8) is 0 Å². The summed E-state index contributed by atoms with van der Waals surface area (Å²) in [4.78, 5) is 18.8. The number of aromatic nitrogens is 4. The summed E-state index contributed by atoms with van der Waals surface area (Å²) in [5.74, 6) is 0.749. The number of rotatable bonds is 3. The Morgan fingerprint density at radius 2 is 2.11 bits per heavy atom. The standard InChI is InChI=1S/C13H19N5O/c1-2-6-10-9-11-15-16-13(19)18(11)12(14-10)17-7-4-3-5-8-17/h9H,2-8H2,1H3,(H,16,19). The Morgan fingerprint density at radius 3 is 2.84 bits per heavy atom. The molecule has 1 fully saturated rings. The van der Waals surface area contributed by atoms with Crippen molar-refractivity contribution in [2.45, 2.75) is 39.0 Å². The average Bonchev–Trinajstić information content (AvgIpc) is 2.81. The Kier molecular flexibility index (Phi) is 3.23. The molecule has 2 aromatic heterocycles. The lowest BCUT2D eigenvalue weighted by molar-refractivity contribution is 0.564. The number of piperidine rings is 1. The molecule has 1 saturated heterocycles. The van der Waals surface area contributed by atoms with Gasteiger partial charge in [0.1, 0.15) is 0 Å². The molecule has 6 nitrogen and oxygen atoms in total. The van der Waals surface area contributed by atoms with Gasteiger partial charge in [-0.15, -0.1) is 0 Å². The van der Waals surface area contributed by atoms with E-state index in [2.05, 4.69) is 27.0 Å². The number of anilines is 1. The quantitative estimate of drug-likeness (QED) is 0.906. The van der Waals surface area contributed by atoms with Gasteiger partial charge in [0.25, 0.3) is 0 Å². The summed E-state index contributed by atoms with van der Waals surface area (Å²) in [5, 5.41) is 6.59. The Morgan fingerprint density at radius 1 is 1.32 bits per heavy atom. The van der Waals surface area contributed by atoms with Crippen LogP contribution in [0.1, 0.15) is 38.3 Å². The van der Waals surface area contributed by atoms with E-state index < -0.39 is 0 Å². The normalized spacial score (nSPS) is 16.2. The number of hydrogen-bond acceptors (Lipinski definition) is 4. The van der Waals surface area contributed by atoms with Gasteiger partial charge in [0.2, 0.25) is 5.95 Å². The molecule has 1 aliphatic rings. The van der Waals surface area contributed by atoms with Crippen molar-refractivity contribution in [2.75, 3.05) is 18.0 Å². The lowest BCUT2D eigenvalue weighted by Gasteiger charge is -2.28. The molecule has 0 aliphatic carbocycles. The first-order valence-electron chi connectivity index (χ1n) is 7.01. The minimum absolute atomic E-state index is 0.203. The van der Waals surface area contributed by atoms with E-state index in [1.54, 1.807) is 4.40 Å². The molecule has 1 N–H and O–H groups in total. The predicted molar refractivity (Wildman–Crippen MR) is 73.7 cm³/mol. The third kappa shape index (κ3) is 2.22. The van der Waals surface area contributed by atoms with E-state index in [1.165, 1.54) is 6.42 Å². The molecule has 6 heteroatoms. The zero-order valence-electron chi connectivity index (χ0n) is 11.2. The molecular formula is C13H19N5O. The summed E-state index contributed by atoms with van der Waals surface area (Å²) in [6.45, 7) is 4.06. The summed E-state index contributed by atoms with van der Waals surface area (Å²) in [5.41, 5.74) is 1.48. The van der Waals surface area contributed by atoms with Gasteiger partial charge in [0.15, 0.2) is 5.65 Å². The van der Waals surface area contributed by atoms with E-state index in [0.717, 1.165) is 50.4 Å². The van der Waals surface area contributed by atoms with Gasteiger partial charge in [0.05, 0.1) is 0 Å². The fourth-order valence-electron chi connectivity index (χ4n) is 2.65. The van der Waals surface area contributed by atoms with Crippen LogP contribution in [0.3, 0.4) is 0 Å². The molecule has 0 atom stereocenters. The number of aryl methyl sites for hydroxylation is 1. The van der Waals surface area contributed by atoms with Gasteiger partial charge in [-0.1, -0.05) is 13.3 Å². The molecule has 102 valence electrons. The number of nitrogens with one attached hydrogen (secondary N) is 1. The van der Waals surface area contributed by atoms with Gasteiger partial charge in [-0.3, -0.25) is 0 Å². The fourth-order valence-corrected chi connectivity index (χ4v) is 2.65. The van der Waals surface area contributed by atoms with E-state index in [9.17, 15) is 4.79 Å². The van der Waals surface area contributed by atoms with Crippen molar-refractivity contribution in [3.05, 3.63) is 22.2 Å². The van der Waals surface area contributed by atoms with E-state index in [1.807, 2.05) is 6.07 Å². The van der Waals surface area contributed by atoms with Crippen molar-refractivity contribution < 1.29 is 0 Å². The van der Waals surface area contributed by atoms with Gasteiger partial charge in [0, 0.05) is 24.8 Å². The molecule has 0 aromatic carbocycles. The first-order chi connectivity index (χ1) is 9.29. The van der Waals surface area contributed by atoms with Crippen molar-refractivity contribution in [2.24, 2.45) is 0 Å². The highest BCUT2D eigenvalue weighted by Gasteiger charge is 2.18.